The minimum absolute atomic E-state index is 0.0444. The first kappa shape index (κ1) is 20.1. The van der Waals surface area contributed by atoms with E-state index in [4.69, 9.17) is 0 Å². The SMILES string of the molecule is CCCCN1CCC(Nc2ccc(C(=O)N3CCS(=O)(=O)CC3)cn2)CC1. The second kappa shape index (κ2) is 9.01. The van der Waals surface area contributed by atoms with Crippen molar-refractivity contribution in [2.75, 3.05) is 49.5 Å². The summed E-state index contributed by atoms with van der Waals surface area (Å²) in [6.07, 6.45) is 6.30. The number of hydrogen-bond donors (Lipinski definition) is 1. The molecule has 3 heterocycles. The van der Waals surface area contributed by atoms with E-state index in [1.54, 1.807) is 17.2 Å². The van der Waals surface area contributed by atoms with Crippen LogP contribution in [-0.4, -0.2) is 79.4 Å². The van der Waals surface area contributed by atoms with Gasteiger partial charge in [-0.05, 0) is 37.9 Å². The molecule has 0 bridgehead atoms. The molecule has 0 aliphatic carbocycles. The molecular weight excluding hydrogens is 364 g/mol. The molecule has 2 aliphatic heterocycles. The van der Waals surface area contributed by atoms with E-state index in [0.717, 1.165) is 31.7 Å². The third-order valence-electron chi connectivity index (χ3n) is 5.41. The Bertz CT molecular complexity index is 714. The predicted octanol–water partition coefficient (Wildman–Crippen LogP) is 1.63. The molecule has 2 fully saturated rings. The number of nitrogens with zero attached hydrogens (tertiary/aromatic N) is 3. The number of pyridine rings is 1. The molecule has 1 N–H and O–H groups in total. The van der Waals surface area contributed by atoms with Crippen molar-refractivity contribution in [1.82, 2.24) is 14.8 Å². The van der Waals surface area contributed by atoms with Crippen molar-refractivity contribution >= 4 is 21.6 Å². The van der Waals surface area contributed by atoms with Crippen LogP contribution >= 0.6 is 0 Å². The number of sulfone groups is 1. The van der Waals surface area contributed by atoms with Crippen LogP contribution in [0.25, 0.3) is 0 Å². The van der Waals surface area contributed by atoms with Gasteiger partial charge in [-0.1, -0.05) is 13.3 Å². The van der Waals surface area contributed by atoms with Crippen LogP contribution in [0.15, 0.2) is 18.3 Å². The van der Waals surface area contributed by atoms with Crippen molar-refractivity contribution in [2.24, 2.45) is 0 Å². The van der Waals surface area contributed by atoms with E-state index in [2.05, 4.69) is 22.1 Å². The van der Waals surface area contributed by atoms with Crippen LogP contribution in [0.2, 0.25) is 0 Å². The summed E-state index contributed by atoms with van der Waals surface area (Å²) in [5.41, 5.74) is 0.509. The van der Waals surface area contributed by atoms with Crippen LogP contribution in [-0.2, 0) is 9.84 Å². The molecule has 2 saturated heterocycles. The van der Waals surface area contributed by atoms with Crippen LogP contribution in [0.4, 0.5) is 5.82 Å². The van der Waals surface area contributed by atoms with Crippen LogP contribution in [0.5, 0.6) is 0 Å². The summed E-state index contributed by atoms with van der Waals surface area (Å²) in [4.78, 5) is 21.0. The van der Waals surface area contributed by atoms with Gasteiger partial charge in [-0.2, -0.15) is 0 Å². The number of carbonyl (C=O) groups excluding carboxylic acids is 1. The second-order valence-corrected chi connectivity index (χ2v) is 9.79. The normalized spacial score (nSPS) is 21.1. The molecule has 0 radical (unpaired) electrons. The molecular formula is C19H30N4O3S. The summed E-state index contributed by atoms with van der Waals surface area (Å²) in [5, 5.41) is 3.47. The van der Waals surface area contributed by atoms with E-state index in [1.165, 1.54) is 19.4 Å². The highest BCUT2D eigenvalue weighted by atomic mass is 32.2. The van der Waals surface area contributed by atoms with Gasteiger partial charge in [0.2, 0.25) is 0 Å². The van der Waals surface area contributed by atoms with Crippen molar-refractivity contribution in [3.05, 3.63) is 23.9 Å². The smallest absolute Gasteiger partial charge is 0.255 e. The van der Waals surface area contributed by atoms with Gasteiger partial charge in [0.05, 0.1) is 17.1 Å². The Hall–Kier alpha value is -1.67. The zero-order valence-electron chi connectivity index (χ0n) is 16.1. The molecule has 0 aromatic carbocycles. The number of likely N-dealkylation sites (tertiary alicyclic amines) is 1. The maximum absolute atomic E-state index is 12.5. The van der Waals surface area contributed by atoms with Gasteiger partial charge in [-0.3, -0.25) is 4.79 Å². The Morgan fingerprint density at radius 2 is 1.89 bits per heavy atom. The van der Waals surface area contributed by atoms with Crippen LogP contribution < -0.4 is 5.32 Å². The molecule has 0 saturated carbocycles. The Kier molecular flexibility index (Phi) is 6.70. The summed E-state index contributed by atoms with van der Waals surface area (Å²) in [6, 6.07) is 4.04. The third kappa shape index (κ3) is 5.65. The second-order valence-electron chi connectivity index (χ2n) is 7.49. The quantitative estimate of drug-likeness (QED) is 0.790. The van der Waals surface area contributed by atoms with Crippen LogP contribution in [0, 0.1) is 0 Å². The molecule has 1 amide bonds. The highest BCUT2D eigenvalue weighted by Gasteiger charge is 2.26. The van der Waals surface area contributed by atoms with Crippen molar-refractivity contribution in [2.45, 2.75) is 38.6 Å². The average Bonchev–Trinajstić information content (AvgIpc) is 2.67. The maximum Gasteiger partial charge on any atom is 0.255 e. The first-order chi connectivity index (χ1) is 13.0. The van der Waals surface area contributed by atoms with Gasteiger partial charge in [-0.15, -0.1) is 0 Å². The molecule has 2 aliphatic rings. The molecule has 27 heavy (non-hydrogen) atoms. The number of hydrogen-bond acceptors (Lipinski definition) is 6. The van der Waals surface area contributed by atoms with Gasteiger partial charge in [0.1, 0.15) is 5.82 Å². The summed E-state index contributed by atoms with van der Waals surface area (Å²) in [5.74, 6) is 0.735. The molecule has 8 heteroatoms. The largest absolute Gasteiger partial charge is 0.367 e. The number of rotatable bonds is 6. The van der Waals surface area contributed by atoms with Crippen molar-refractivity contribution < 1.29 is 13.2 Å². The molecule has 0 atom stereocenters. The lowest BCUT2D eigenvalue weighted by Crippen LogP contribution is -2.43. The van der Waals surface area contributed by atoms with Crippen LogP contribution in [0.1, 0.15) is 43.0 Å². The first-order valence-corrected chi connectivity index (χ1v) is 11.7. The number of carbonyl (C=O) groups is 1. The van der Waals surface area contributed by atoms with Crippen molar-refractivity contribution in [3.63, 3.8) is 0 Å². The molecule has 150 valence electrons. The lowest BCUT2D eigenvalue weighted by molar-refractivity contribution is 0.0770. The number of piperidine rings is 1. The van der Waals surface area contributed by atoms with Gasteiger partial charge in [0.25, 0.3) is 5.91 Å². The minimum atomic E-state index is -2.99. The lowest BCUT2D eigenvalue weighted by atomic mass is 10.0. The Labute approximate surface area is 162 Å². The van der Waals surface area contributed by atoms with Gasteiger partial charge >= 0.3 is 0 Å². The molecule has 1 aromatic rings. The monoisotopic (exact) mass is 394 g/mol. The first-order valence-electron chi connectivity index (χ1n) is 9.91. The van der Waals surface area contributed by atoms with Crippen LogP contribution in [0.3, 0.4) is 0 Å². The molecule has 0 unspecified atom stereocenters. The van der Waals surface area contributed by atoms with Crippen molar-refractivity contribution in [3.8, 4) is 0 Å². The molecule has 1 aromatic heterocycles. The fourth-order valence-electron chi connectivity index (χ4n) is 3.60. The minimum Gasteiger partial charge on any atom is -0.367 e. The van der Waals surface area contributed by atoms with E-state index < -0.39 is 9.84 Å². The summed E-state index contributed by atoms with van der Waals surface area (Å²) in [7, 11) is -2.99. The van der Waals surface area contributed by atoms with E-state index in [-0.39, 0.29) is 30.5 Å². The van der Waals surface area contributed by atoms with E-state index in [9.17, 15) is 13.2 Å². The highest BCUT2D eigenvalue weighted by molar-refractivity contribution is 7.91. The van der Waals surface area contributed by atoms with E-state index in [1.807, 2.05) is 6.07 Å². The van der Waals surface area contributed by atoms with E-state index in [0.29, 0.717) is 11.6 Å². The molecule has 7 nitrogen and oxygen atoms in total. The summed E-state index contributed by atoms with van der Waals surface area (Å²) >= 11 is 0. The highest BCUT2D eigenvalue weighted by Crippen LogP contribution is 2.17. The summed E-state index contributed by atoms with van der Waals surface area (Å²) in [6.45, 7) is 6.17. The summed E-state index contributed by atoms with van der Waals surface area (Å²) < 4.78 is 23.0. The van der Waals surface area contributed by atoms with Gasteiger partial charge in [0, 0.05) is 38.4 Å². The molecule has 0 spiro atoms. The Balaban J connectivity index is 1.48. The van der Waals surface area contributed by atoms with Gasteiger partial charge in [0.15, 0.2) is 9.84 Å². The van der Waals surface area contributed by atoms with Gasteiger partial charge in [-0.25, -0.2) is 13.4 Å². The predicted molar refractivity (Wildman–Crippen MR) is 107 cm³/mol. The number of nitrogens with one attached hydrogen (secondary N) is 1. The fourth-order valence-corrected chi connectivity index (χ4v) is 4.80. The third-order valence-corrected chi connectivity index (χ3v) is 7.02. The molecule has 3 rings (SSSR count). The van der Waals surface area contributed by atoms with Crippen molar-refractivity contribution in [1.29, 1.82) is 0 Å². The topological polar surface area (TPSA) is 82.6 Å². The Morgan fingerprint density at radius 1 is 1.19 bits per heavy atom. The number of unbranched alkanes of at least 4 members (excludes halogenated alkanes) is 1. The standard InChI is InChI=1S/C19H30N4O3S/c1-2-3-8-22-9-6-17(7-10-22)21-18-5-4-16(15-20-18)19(24)23-11-13-27(25,26)14-12-23/h4-5,15,17H,2-3,6-14H2,1H3,(H,20,21). The number of amides is 1. The lowest BCUT2D eigenvalue weighted by Gasteiger charge is -2.32. The Morgan fingerprint density at radius 3 is 2.48 bits per heavy atom. The van der Waals surface area contributed by atoms with E-state index >= 15 is 0 Å². The average molecular weight is 395 g/mol. The number of aromatic nitrogens is 1. The number of anilines is 1. The zero-order chi connectivity index (χ0) is 19.3. The maximum atomic E-state index is 12.5. The van der Waals surface area contributed by atoms with Gasteiger partial charge < -0.3 is 15.1 Å². The fraction of sp³-hybridized carbons (Fsp3) is 0.684. The zero-order valence-corrected chi connectivity index (χ0v) is 16.9.